The Morgan fingerprint density at radius 3 is 2.44 bits per heavy atom. The molecule has 4 fully saturated rings. The summed E-state index contributed by atoms with van der Waals surface area (Å²) in [6.07, 6.45) is 9.55. The number of aliphatic hydroxyl groups is 2. The average Bonchev–Trinajstić information content (AvgIpc) is 3.41. The van der Waals surface area contributed by atoms with Crippen molar-refractivity contribution in [1.82, 2.24) is 15.3 Å². The third kappa shape index (κ3) is 8.49. The predicted molar refractivity (Wildman–Crippen MR) is 187 cm³/mol. The van der Waals surface area contributed by atoms with E-state index in [9.17, 15) is 24.9 Å². The number of aromatic carboxylic acids is 1. The van der Waals surface area contributed by atoms with Crippen LogP contribution in [0.1, 0.15) is 56.5 Å². The number of carboxylic acids is 1. The summed E-state index contributed by atoms with van der Waals surface area (Å²) in [6.45, 7) is 9.63. The largest absolute Gasteiger partial charge is 0.499 e. The number of hydrogen-bond acceptors (Lipinski definition) is 9. The van der Waals surface area contributed by atoms with Crippen molar-refractivity contribution in [3.63, 3.8) is 0 Å². The minimum absolute atomic E-state index is 0.0650. The fraction of sp³-hybridized carbons (Fsp3) is 0.622. The van der Waals surface area contributed by atoms with Gasteiger partial charge in [-0.15, -0.1) is 0 Å². The van der Waals surface area contributed by atoms with Gasteiger partial charge >= 0.3 is 5.97 Å². The van der Waals surface area contributed by atoms with Crippen molar-refractivity contribution in [2.24, 2.45) is 29.1 Å². The van der Waals surface area contributed by atoms with Crippen LogP contribution in [0.5, 0.6) is 0 Å². The highest BCUT2D eigenvalue weighted by molar-refractivity contribution is 5.91. The Morgan fingerprint density at radius 2 is 1.85 bits per heavy atom. The normalized spacial score (nSPS) is 29.3. The molecule has 4 N–H and O–H groups in total. The number of nitrogens with one attached hydrogen (secondary N) is 1. The first kappa shape index (κ1) is 37.6. The highest BCUT2D eigenvalue weighted by Crippen LogP contribution is 2.61. The second-order valence-corrected chi connectivity index (χ2v) is 14.8. The molecule has 11 heteroatoms. The second kappa shape index (κ2) is 16.0. The minimum atomic E-state index is -1.02. The Morgan fingerprint density at radius 1 is 1.15 bits per heavy atom. The molecule has 2 bridgehead atoms. The van der Waals surface area contributed by atoms with E-state index >= 15 is 0 Å². The van der Waals surface area contributed by atoms with Crippen molar-refractivity contribution >= 4 is 23.1 Å². The summed E-state index contributed by atoms with van der Waals surface area (Å²) in [5.74, 6) is -0.283. The zero-order valence-electron chi connectivity index (χ0n) is 29.8. The van der Waals surface area contributed by atoms with Gasteiger partial charge in [0.05, 0.1) is 31.1 Å². The zero-order valence-corrected chi connectivity index (χ0v) is 29.8. The number of fused-ring (bicyclic) bond motifs is 2. The lowest BCUT2D eigenvalue weighted by Crippen LogP contribution is -2.62. The second-order valence-electron chi connectivity index (χ2n) is 14.8. The minimum Gasteiger partial charge on any atom is -0.499 e. The van der Waals surface area contributed by atoms with Gasteiger partial charge in [-0.2, -0.15) is 5.06 Å². The van der Waals surface area contributed by atoms with Gasteiger partial charge in [-0.25, -0.2) is 4.79 Å². The quantitative estimate of drug-likeness (QED) is 0.125. The number of amides is 1. The van der Waals surface area contributed by atoms with Crippen LogP contribution in [0, 0.1) is 29.1 Å². The Kier molecular flexibility index (Phi) is 12.5. The number of hydrogen-bond donors (Lipinski definition) is 4. The summed E-state index contributed by atoms with van der Waals surface area (Å²) in [5, 5.41) is 35.4. The SMILES string of the molecule is C[C@@H]1[C@@H](NC(=O)[C@@H]2[C@H]([C@H](C)O)[C@H](CO)ON2C/C=C/C=C\C(=C\OCCN(C)C)c2cc(C(=O)O)cc(N(C)C)c2)C[C@H]2C[C@@H]1C2(C)C. The van der Waals surface area contributed by atoms with Gasteiger partial charge in [0, 0.05) is 50.4 Å². The molecule has 3 aliphatic carbocycles. The Bertz CT molecular complexity index is 1370. The van der Waals surface area contributed by atoms with Gasteiger partial charge < -0.3 is 35.2 Å². The van der Waals surface area contributed by atoms with Crippen LogP contribution < -0.4 is 10.2 Å². The lowest BCUT2D eigenvalue weighted by atomic mass is 9.45. The third-order valence-corrected chi connectivity index (χ3v) is 10.8. The van der Waals surface area contributed by atoms with Crippen LogP contribution in [-0.4, -0.2) is 116 Å². The molecule has 11 nitrogen and oxygen atoms in total. The number of allylic oxidation sites excluding steroid dienone is 4. The van der Waals surface area contributed by atoms with E-state index in [4.69, 9.17) is 9.57 Å². The molecule has 0 spiro atoms. The van der Waals surface area contributed by atoms with Crippen molar-refractivity contribution in [2.75, 3.05) is 59.4 Å². The molecule has 0 unspecified atom stereocenters. The molecule has 1 saturated heterocycles. The molecule has 0 aromatic heterocycles. The van der Waals surface area contributed by atoms with E-state index in [1.165, 1.54) is 6.42 Å². The molecular weight excluding hydrogens is 612 g/mol. The molecule has 1 amide bonds. The highest BCUT2D eigenvalue weighted by Gasteiger charge is 2.57. The average molecular weight is 669 g/mol. The molecule has 1 heterocycles. The van der Waals surface area contributed by atoms with Crippen LogP contribution in [-0.2, 0) is 14.4 Å². The molecule has 3 saturated carbocycles. The Labute approximate surface area is 285 Å². The fourth-order valence-electron chi connectivity index (χ4n) is 7.65. The molecule has 1 aromatic carbocycles. The van der Waals surface area contributed by atoms with Crippen LogP contribution >= 0.6 is 0 Å². The maximum absolute atomic E-state index is 13.8. The molecular formula is C37H56N4O7. The molecule has 266 valence electrons. The van der Waals surface area contributed by atoms with E-state index in [-0.39, 0.29) is 30.7 Å². The number of nitrogens with zero attached hydrogens (tertiary/aromatic N) is 3. The number of likely N-dealkylation sites (N-methyl/N-ethyl adjacent to an activating group) is 1. The van der Waals surface area contributed by atoms with E-state index in [1.807, 2.05) is 68.4 Å². The molecule has 8 atom stereocenters. The molecule has 5 rings (SSSR count). The maximum atomic E-state index is 13.8. The summed E-state index contributed by atoms with van der Waals surface area (Å²) in [6, 6.07) is 4.45. The van der Waals surface area contributed by atoms with Gasteiger partial charge in [0.1, 0.15) is 12.1 Å². The lowest BCUT2D eigenvalue weighted by Gasteiger charge is -2.62. The number of ether oxygens (including phenoxy) is 1. The van der Waals surface area contributed by atoms with E-state index in [0.29, 0.717) is 40.9 Å². The van der Waals surface area contributed by atoms with E-state index < -0.39 is 30.1 Å². The number of carboxylic acid groups (broad SMARTS) is 1. The van der Waals surface area contributed by atoms with Gasteiger partial charge in [0.25, 0.3) is 0 Å². The number of carbonyl (C=O) groups is 2. The molecule has 4 aliphatic rings. The summed E-state index contributed by atoms with van der Waals surface area (Å²) in [7, 11) is 7.64. The van der Waals surface area contributed by atoms with Gasteiger partial charge in [0.2, 0.25) is 5.91 Å². The number of carbonyl (C=O) groups excluding carboxylic acids is 1. The van der Waals surface area contributed by atoms with Crippen molar-refractivity contribution in [3.05, 3.63) is 59.9 Å². The molecule has 1 aromatic rings. The van der Waals surface area contributed by atoms with Gasteiger partial charge in [-0.1, -0.05) is 45.1 Å². The monoisotopic (exact) mass is 668 g/mol. The lowest BCUT2D eigenvalue weighted by molar-refractivity contribution is -0.172. The predicted octanol–water partition coefficient (Wildman–Crippen LogP) is 3.64. The number of hydroxylamine groups is 2. The van der Waals surface area contributed by atoms with Gasteiger partial charge in [-0.3, -0.25) is 9.63 Å². The highest BCUT2D eigenvalue weighted by atomic mass is 16.7. The molecule has 1 aliphatic heterocycles. The summed E-state index contributed by atoms with van der Waals surface area (Å²) in [5.41, 5.74) is 2.60. The Hall–Kier alpha value is -3.22. The summed E-state index contributed by atoms with van der Waals surface area (Å²) in [4.78, 5) is 35.6. The smallest absolute Gasteiger partial charge is 0.335 e. The number of benzene rings is 1. The van der Waals surface area contributed by atoms with Crippen LogP contribution in [0.2, 0.25) is 0 Å². The van der Waals surface area contributed by atoms with E-state index in [2.05, 4.69) is 26.1 Å². The first-order valence-electron chi connectivity index (χ1n) is 17.0. The third-order valence-electron chi connectivity index (χ3n) is 10.8. The van der Waals surface area contributed by atoms with Crippen LogP contribution in [0.15, 0.2) is 48.8 Å². The summed E-state index contributed by atoms with van der Waals surface area (Å²) < 4.78 is 5.83. The first-order chi connectivity index (χ1) is 22.6. The number of rotatable bonds is 15. The molecule has 0 radical (unpaired) electrons. The van der Waals surface area contributed by atoms with Gasteiger partial charge in [-0.05, 0) is 80.8 Å². The van der Waals surface area contributed by atoms with Crippen molar-refractivity contribution in [2.45, 2.75) is 64.8 Å². The Balaban J connectivity index is 1.51. The standard InChI is InChI=1S/C37H56N4O7/c1-23-30-19-28(37(30,3)4)20-31(23)38-35(44)34-33(24(2)43)32(21-42)48-41(34)13-11-9-10-12-25(22-47-15-14-39(5)6)26-16-27(36(45)46)18-29(17-26)40(7)8/h9-12,16-18,22-24,28,30-34,42-43H,13-15,19-21H2,1-8H3,(H,38,44)(H,45,46)/b11-9+,12-10-,25-22-/t23-,24-,28+,30-,31-,32-,33+,34-/m0/s1. The zero-order chi connectivity index (χ0) is 35.3. The van der Waals surface area contributed by atoms with Crippen LogP contribution in [0.3, 0.4) is 0 Å². The van der Waals surface area contributed by atoms with E-state index in [0.717, 1.165) is 18.7 Å². The van der Waals surface area contributed by atoms with Crippen LogP contribution in [0.4, 0.5) is 5.69 Å². The number of aliphatic hydroxyl groups excluding tert-OH is 2. The maximum Gasteiger partial charge on any atom is 0.335 e. The van der Waals surface area contributed by atoms with Gasteiger partial charge in [0.15, 0.2) is 0 Å². The van der Waals surface area contributed by atoms with Crippen LogP contribution in [0.25, 0.3) is 5.57 Å². The first-order valence-corrected chi connectivity index (χ1v) is 17.0. The summed E-state index contributed by atoms with van der Waals surface area (Å²) >= 11 is 0. The van der Waals surface area contributed by atoms with Crippen molar-refractivity contribution < 1.29 is 34.5 Å². The van der Waals surface area contributed by atoms with Crippen molar-refractivity contribution in [1.29, 1.82) is 0 Å². The van der Waals surface area contributed by atoms with Crippen molar-refractivity contribution in [3.8, 4) is 0 Å². The molecule has 48 heavy (non-hydrogen) atoms. The topological polar surface area (TPSA) is 135 Å². The van der Waals surface area contributed by atoms with E-state index in [1.54, 1.807) is 30.4 Å². The fourth-order valence-corrected chi connectivity index (χ4v) is 7.65. The number of anilines is 1.